The number of aryl methyl sites for hydroxylation is 1. The van der Waals surface area contributed by atoms with E-state index in [2.05, 4.69) is 10.3 Å². The summed E-state index contributed by atoms with van der Waals surface area (Å²) in [6.07, 6.45) is 0.756. The van der Waals surface area contributed by atoms with Gasteiger partial charge in [-0.05, 0) is 49.1 Å². The Bertz CT molecular complexity index is 861. The van der Waals surface area contributed by atoms with Crippen molar-refractivity contribution in [1.29, 1.82) is 5.26 Å². The second-order valence-corrected chi connectivity index (χ2v) is 5.79. The number of ether oxygens (including phenoxy) is 1. The zero-order valence-corrected chi connectivity index (χ0v) is 14.6. The maximum absolute atomic E-state index is 12.1. The maximum atomic E-state index is 12.1. The quantitative estimate of drug-likeness (QED) is 0.843. The third-order valence-electron chi connectivity index (χ3n) is 4.17. The highest BCUT2D eigenvalue weighted by Gasteiger charge is 2.13. The number of nitrogens with zero attached hydrogens (tertiary/aromatic N) is 1. The summed E-state index contributed by atoms with van der Waals surface area (Å²) in [5.74, 6) is 0.687. The summed E-state index contributed by atoms with van der Waals surface area (Å²) in [7, 11) is 1.61. The SMILES string of the molecule is COc1ccc(CNC(=O)CCc2c(C)[nH]c(=O)c(C#N)c2C)cc1. The predicted octanol–water partition coefficient (Wildman–Crippen LogP) is 2.12. The molecule has 1 heterocycles. The largest absolute Gasteiger partial charge is 0.497 e. The first-order valence-corrected chi connectivity index (χ1v) is 7.98. The number of methoxy groups -OCH3 is 1. The Balaban J connectivity index is 1.96. The number of hydrogen-bond acceptors (Lipinski definition) is 4. The van der Waals surface area contributed by atoms with Crippen LogP contribution in [0.1, 0.15) is 34.4 Å². The number of nitriles is 1. The van der Waals surface area contributed by atoms with Crippen molar-refractivity contribution in [2.24, 2.45) is 0 Å². The predicted molar refractivity (Wildman–Crippen MR) is 94.4 cm³/mol. The fraction of sp³-hybridized carbons (Fsp3) is 0.316. The van der Waals surface area contributed by atoms with Crippen molar-refractivity contribution in [3.63, 3.8) is 0 Å². The summed E-state index contributed by atoms with van der Waals surface area (Å²) in [4.78, 5) is 26.5. The fourth-order valence-corrected chi connectivity index (χ4v) is 2.69. The number of aromatic amines is 1. The molecule has 0 fully saturated rings. The highest BCUT2D eigenvalue weighted by molar-refractivity contribution is 5.76. The van der Waals surface area contributed by atoms with E-state index in [1.807, 2.05) is 30.3 Å². The molecule has 0 radical (unpaired) electrons. The van der Waals surface area contributed by atoms with Crippen LogP contribution in [0.25, 0.3) is 0 Å². The lowest BCUT2D eigenvalue weighted by Crippen LogP contribution is -2.24. The van der Waals surface area contributed by atoms with Crippen molar-refractivity contribution in [3.05, 3.63) is 62.6 Å². The normalized spacial score (nSPS) is 10.2. The summed E-state index contributed by atoms with van der Waals surface area (Å²) < 4.78 is 5.10. The lowest BCUT2D eigenvalue weighted by molar-refractivity contribution is -0.121. The van der Waals surface area contributed by atoms with Gasteiger partial charge in [-0.2, -0.15) is 5.26 Å². The molecule has 130 valence electrons. The maximum Gasteiger partial charge on any atom is 0.266 e. The molecule has 1 aromatic heterocycles. The first-order chi connectivity index (χ1) is 12.0. The minimum atomic E-state index is -0.384. The van der Waals surface area contributed by atoms with Gasteiger partial charge >= 0.3 is 0 Å². The molecule has 2 aromatic rings. The van der Waals surface area contributed by atoms with Crippen molar-refractivity contribution in [1.82, 2.24) is 10.3 Å². The number of benzene rings is 1. The Morgan fingerprint density at radius 2 is 1.96 bits per heavy atom. The van der Waals surface area contributed by atoms with Gasteiger partial charge in [0, 0.05) is 18.7 Å². The van der Waals surface area contributed by atoms with Gasteiger partial charge in [-0.25, -0.2) is 0 Å². The molecule has 0 aliphatic rings. The van der Waals surface area contributed by atoms with Crippen LogP contribution in [0.4, 0.5) is 0 Å². The molecule has 0 aliphatic carbocycles. The van der Waals surface area contributed by atoms with E-state index in [0.29, 0.717) is 24.2 Å². The van der Waals surface area contributed by atoms with Gasteiger partial charge in [0.05, 0.1) is 7.11 Å². The molecule has 0 bridgehead atoms. The first kappa shape index (κ1) is 18.3. The number of rotatable bonds is 6. The molecule has 0 saturated heterocycles. The van der Waals surface area contributed by atoms with Crippen molar-refractivity contribution in [2.45, 2.75) is 33.2 Å². The third-order valence-corrected chi connectivity index (χ3v) is 4.17. The summed E-state index contributed by atoms with van der Waals surface area (Å²) in [5, 5.41) is 12.0. The molecule has 1 aromatic carbocycles. The molecule has 0 unspecified atom stereocenters. The number of H-pyrrole nitrogens is 1. The van der Waals surface area contributed by atoms with E-state index in [-0.39, 0.29) is 23.5 Å². The summed E-state index contributed by atoms with van der Waals surface area (Å²) in [6, 6.07) is 9.41. The van der Waals surface area contributed by atoms with E-state index in [1.165, 1.54) is 0 Å². The van der Waals surface area contributed by atoms with E-state index in [0.717, 1.165) is 16.9 Å². The van der Waals surface area contributed by atoms with E-state index in [9.17, 15) is 9.59 Å². The van der Waals surface area contributed by atoms with E-state index >= 15 is 0 Å². The molecule has 0 spiro atoms. The number of hydrogen-bond donors (Lipinski definition) is 2. The van der Waals surface area contributed by atoms with E-state index in [4.69, 9.17) is 10.00 Å². The molecule has 2 N–H and O–H groups in total. The van der Waals surface area contributed by atoms with Crippen LogP contribution in [-0.4, -0.2) is 18.0 Å². The highest BCUT2D eigenvalue weighted by Crippen LogP contribution is 2.15. The molecule has 2 rings (SSSR count). The molecular weight excluding hydrogens is 318 g/mol. The molecule has 1 amide bonds. The number of nitrogens with one attached hydrogen (secondary N) is 2. The van der Waals surface area contributed by atoms with Gasteiger partial charge in [-0.1, -0.05) is 12.1 Å². The molecule has 25 heavy (non-hydrogen) atoms. The average Bonchev–Trinajstić information content (AvgIpc) is 2.60. The van der Waals surface area contributed by atoms with Crippen LogP contribution >= 0.6 is 0 Å². The Morgan fingerprint density at radius 1 is 1.28 bits per heavy atom. The molecule has 6 heteroatoms. The summed E-state index contributed by atoms with van der Waals surface area (Å²) in [5.41, 5.74) is 2.90. The zero-order valence-electron chi connectivity index (χ0n) is 14.6. The smallest absolute Gasteiger partial charge is 0.266 e. The van der Waals surface area contributed by atoms with Gasteiger partial charge in [0.15, 0.2) is 0 Å². The van der Waals surface area contributed by atoms with Gasteiger partial charge in [0.1, 0.15) is 17.4 Å². The van der Waals surface area contributed by atoms with Crippen LogP contribution in [-0.2, 0) is 17.8 Å². The Morgan fingerprint density at radius 3 is 2.56 bits per heavy atom. The van der Waals surface area contributed by atoms with Crippen LogP contribution in [0.3, 0.4) is 0 Å². The van der Waals surface area contributed by atoms with Gasteiger partial charge in [-0.3, -0.25) is 9.59 Å². The topological polar surface area (TPSA) is 95.0 Å². The number of aromatic nitrogens is 1. The van der Waals surface area contributed by atoms with Crippen molar-refractivity contribution in [3.8, 4) is 11.8 Å². The van der Waals surface area contributed by atoms with E-state index < -0.39 is 0 Å². The van der Waals surface area contributed by atoms with Crippen LogP contribution < -0.4 is 15.6 Å². The van der Waals surface area contributed by atoms with Gasteiger partial charge in [0.2, 0.25) is 5.91 Å². The van der Waals surface area contributed by atoms with E-state index in [1.54, 1.807) is 21.0 Å². The van der Waals surface area contributed by atoms with Gasteiger partial charge in [-0.15, -0.1) is 0 Å². The third kappa shape index (κ3) is 4.48. The van der Waals surface area contributed by atoms with Gasteiger partial charge in [0.25, 0.3) is 5.56 Å². The fourth-order valence-electron chi connectivity index (χ4n) is 2.69. The number of carbonyl (C=O) groups is 1. The van der Waals surface area contributed by atoms with Crippen LogP contribution in [0.2, 0.25) is 0 Å². The molecule has 0 atom stereocenters. The zero-order chi connectivity index (χ0) is 18.4. The summed E-state index contributed by atoms with van der Waals surface area (Å²) in [6.45, 7) is 3.96. The Labute approximate surface area is 146 Å². The molecular formula is C19H21N3O3. The summed E-state index contributed by atoms with van der Waals surface area (Å²) >= 11 is 0. The average molecular weight is 339 g/mol. The monoisotopic (exact) mass is 339 g/mol. The number of carbonyl (C=O) groups excluding carboxylic acids is 1. The number of pyridine rings is 1. The second kappa shape index (κ2) is 8.15. The Hall–Kier alpha value is -3.07. The minimum absolute atomic E-state index is 0.0840. The van der Waals surface area contributed by atoms with Crippen LogP contribution in [0.15, 0.2) is 29.1 Å². The molecule has 0 saturated carbocycles. The first-order valence-electron chi connectivity index (χ1n) is 7.98. The highest BCUT2D eigenvalue weighted by atomic mass is 16.5. The molecule has 0 aliphatic heterocycles. The van der Waals surface area contributed by atoms with Gasteiger partial charge < -0.3 is 15.0 Å². The minimum Gasteiger partial charge on any atom is -0.497 e. The van der Waals surface area contributed by atoms with Crippen molar-refractivity contribution < 1.29 is 9.53 Å². The lowest BCUT2D eigenvalue weighted by atomic mass is 9.99. The van der Waals surface area contributed by atoms with Crippen LogP contribution in [0.5, 0.6) is 5.75 Å². The van der Waals surface area contributed by atoms with Crippen LogP contribution in [0, 0.1) is 25.2 Å². The second-order valence-electron chi connectivity index (χ2n) is 5.79. The molecule has 6 nitrogen and oxygen atoms in total. The lowest BCUT2D eigenvalue weighted by Gasteiger charge is -2.11. The Kier molecular flexibility index (Phi) is 5.96. The van der Waals surface area contributed by atoms with Crippen molar-refractivity contribution in [2.75, 3.05) is 7.11 Å². The van der Waals surface area contributed by atoms with Crippen molar-refractivity contribution >= 4 is 5.91 Å². The number of amides is 1. The standard InChI is InChI=1S/C19H21N3O3/c1-12-16(13(2)22-19(24)17(12)10-20)8-9-18(23)21-11-14-4-6-15(25-3)7-5-14/h4-7H,8-9,11H2,1-3H3,(H,21,23)(H,22,24).